The lowest BCUT2D eigenvalue weighted by atomic mass is 10.0. The largest absolute Gasteiger partial charge is 0.497 e. The number of nitrogens with zero attached hydrogens (tertiary/aromatic N) is 1. The fraction of sp³-hybridized carbons (Fsp3) is 0.440. The molecule has 5 heteroatoms. The average molecular weight is 411 g/mol. The number of hydrogen-bond acceptors (Lipinski definition) is 3. The number of hydrogen-bond donors (Lipinski definition) is 1. The second-order valence-corrected chi connectivity index (χ2v) is 8.51. The van der Waals surface area contributed by atoms with Crippen LogP contribution >= 0.6 is 0 Å². The lowest BCUT2D eigenvalue weighted by Crippen LogP contribution is -2.54. The topological polar surface area (TPSA) is 58.6 Å². The van der Waals surface area contributed by atoms with Crippen molar-refractivity contribution in [1.29, 1.82) is 0 Å². The van der Waals surface area contributed by atoms with Crippen LogP contribution in [0.1, 0.15) is 45.2 Å². The molecule has 0 aliphatic rings. The van der Waals surface area contributed by atoms with Gasteiger partial charge < -0.3 is 15.0 Å². The summed E-state index contributed by atoms with van der Waals surface area (Å²) in [5.74, 6) is 0.594. The van der Waals surface area contributed by atoms with E-state index in [0.29, 0.717) is 19.4 Å². The Kier molecular flexibility index (Phi) is 8.46. The molecule has 0 saturated carbocycles. The average Bonchev–Trinajstić information content (AvgIpc) is 2.71. The van der Waals surface area contributed by atoms with E-state index in [1.807, 2.05) is 82.3 Å². The molecule has 0 heterocycles. The molecule has 5 nitrogen and oxygen atoms in total. The summed E-state index contributed by atoms with van der Waals surface area (Å²) in [4.78, 5) is 28.0. The summed E-state index contributed by atoms with van der Waals surface area (Å²) >= 11 is 0. The van der Waals surface area contributed by atoms with Crippen LogP contribution in [0, 0.1) is 0 Å². The maximum absolute atomic E-state index is 13.3. The van der Waals surface area contributed by atoms with Crippen molar-refractivity contribution in [3.8, 4) is 5.75 Å². The zero-order valence-electron chi connectivity index (χ0n) is 18.8. The van der Waals surface area contributed by atoms with E-state index in [1.54, 1.807) is 12.0 Å². The van der Waals surface area contributed by atoms with Crippen LogP contribution < -0.4 is 10.1 Å². The van der Waals surface area contributed by atoms with Gasteiger partial charge in [0.1, 0.15) is 11.8 Å². The molecule has 0 aliphatic heterocycles. The van der Waals surface area contributed by atoms with Crippen molar-refractivity contribution in [2.75, 3.05) is 13.7 Å². The standard InChI is InChI=1S/C25H34N2O3/c1-6-22(24(29)26-25(2,3)4)27(17-16-19-10-8-7-9-11-19)23(28)18-20-12-14-21(30-5)15-13-20/h7-15,22H,6,16-18H2,1-5H3,(H,26,29)/t22-/m0/s1. The van der Waals surface area contributed by atoms with Crippen LogP contribution in [0.2, 0.25) is 0 Å². The van der Waals surface area contributed by atoms with Gasteiger partial charge in [-0.05, 0) is 56.9 Å². The summed E-state index contributed by atoms with van der Waals surface area (Å²) < 4.78 is 5.19. The highest BCUT2D eigenvalue weighted by Crippen LogP contribution is 2.16. The lowest BCUT2D eigenvalue weighted by Gasteiger charge is -2.33. The zero-order valence-corrected chi connectivity index (χ0v) is 18.8. The molecule has 2 aromatic rings. The van der Waals surface area contributed by atoms with Gasteiger partial charge in [-0.3, -0.25) is 9.59 Å². The molecule has 0 radical (unpaired) electrons. The van der Waals surface area contributed by atoms with Gasteiger partial charge in [0, 0.05) is 12.1 Å². The van der Waals surface area contributed by atoms with Gasteiger partial charge in [-0.25, -0.2) is 0 Å². The smallest absolute Gasteiger partial charge is 0.243 e. The second kappa shape index (κ2) is 10.8. The summed E-state index contributed by atoms with van der Waals surface area (Å²) in [7, 11) is 1.62. The van der Waals surface area contributed by atoms with Crippen molar-refractivity contribution in [3.05, 3.63) is 65.7 Å². The first kappa shape index (κ1) is 23.5. The predicted octanol–water partition coefficient (Wildman–Crippen LogP) is 4.00. The number of benzene rings is 2. The number of ether oxygens (including phenoxy) is 1. The van der Waals surface area contributed by atoms with Crippen LogP contribution in [0.4, 0.5) is 0 Å². The summed E-state index contributed by atoms with van der Waals surface area (Å²) in [6.07, 6.45) is 1.51. The molecule has 0 fully saturated rings. The summed E-state index contributed by atoms with van der Waals surface area (Å²) in [6.45, 7) is 8.29. The van der Waals surface area contributed by atoms with Crippen molar-refractivity contribution < 1.29 is 14.3 Å². The van der Waals surface area contributed by atoms with Gasteiger partial charge in [0.05, 0.1) is 13.5 Å². The molecule has 1 atom stereocenters. The van der Waals surface area contributed by atoms with Crippen molar-refractivity contribution in [2.24, 2.45) is 0 Å². The van der Waals surface area contributed by atoms with Crippen LogP contribution in [0.15, 0.2) is 54.6 Å². The molecule has 2 rings (SSSR count). The number of nitrogens with one attached hydrogen (secondary N) is 1. The van der Waals surface area contributed by atoms with E-state index in [-0.39, 0.29) is 23.8 Å². The zero-order chi connectivity index (χ0) is 22.1. The minimum absolute atomic E-state index is 0.0491. The molecular weight excluding hydrogens is 376 g/mol. The predicted molar refractivity (Wildman–Crippen MR) is 121 cm³/mol. The van der Waals surface area contributed by atoms with E-state index in [1.165, 1.54) is 0 Å². The van der Waals surface area contributed by atoms with E-state index >= 15 is 0 Å². The second-order valence-electron chi connectivity index (χ2n) is 8.51. The van der Waals surface area contributed by atoms with Gasteiger partial charge in [0.15, 0.2) is 0 Å². The summed E-state index contributed by atoms with van der Waals surface area (Å²) in [5.41, 5.74) is 1.69. The third-order valence-electron chi connectivity index (χ3n) is 4.88. The maximum atomic E-state index is 13.3. The van der Waals surface area contributed by atoms with Crippen molar-refractivity contribution >= 4 is 11.8 Å². The van der Waals surface area contributed by atoms with Crippen LogP contribution in [0.3, 0.4) is 0 Å². The Morgan fingerprint density at radius 1 is 1.00 bits per heavy atom. The van der Waals surface area contributed by atoms with Gasteiger partial charge in [0.25, 0.3) is 0 Å². The molecule has 2 amide bonds. The van der Waals surface area contributed by atoms with Gasteiger partial charge in [0.2, 0.25) is 11.8 Å². The first-order valence-corrected chi connectivity index (χ1v) is 10.5. The Balaban J connectivity index is 2.20. The Bertz CT molecular complexity index is 811. The number of methoxy groups -OCH3 is 1. The van der Waals surface area contributed by atoms with E-state index in [4.69, 9.17) is 4.74 Å². The summed E-state index contributed by atoms with van der Waals surface area (Å²) in [6, 6.07) is 17.0. The van der Waals surface area contributed by atoms with Crippen molar-refractivity contribution in [1.82, 2.24) is 10.2 Å². The van der Waals surface area contributed by atoms with Gasteiger partial charge in [-0.1, -0.05) is 49.4 Å². The molecule has 0 aliphatic carbocycles. The van der Waals surface area contributed by atoms with E-state index in [2.05, 4.69) is 5.32 Å². The Labute approximate surface area is 180 Å². The normalized spacial score (nSPS) is 12.2. The van der Waals surface area contributed by atoms with E-state index in [9.17, 15) is 9.59 Å². The first-order valence-electron chi connectivity index (χ1n) is 10.5. The lowest BCUT2D eigenvalue weighted by molar-refractivity contribution is -0.140. The van der Waals surface area contributed by atoms with E-state index in [0.717, 1.165) is 16.9 Å². The number of carbonyl (C=O) groups excluding carboxylic acids is 2. The highest BCUT2D eigenvalue weighted by molar-refractivity contribution is 5.88. The minimum Gasteiger partial charge on any atom is -0.497 e. The maximum Gasteiger partial charge on any atom is 0.243 e. The molecule has 2 aromatic carbocycles. The molecule has 1 N–H and O–H groups in total. The Morgan fingerprint density at radius 3 is 2.17 bits per heavy atom. The molecular formula is C25H34N2O3. The number of rotatable bonds is 9. The quantitative estimate of drug-likeness (QED) is 0.680. The van der Waals surface area contributed by atoms with Gasteiger partial charge >= 0.3 is 0 Å². The molecule has 0 bridgehead atoms. The van der Waals surface area contributed by atoms with Gasteiger partial charge in [-0.15, -0.1) is 0 Å². The number of carbonyl (C=O) groups is 2. The highest BCUT2D eigenvalue weighted by Gasteiger charge is 2.30. The third kappa shape index (κ3) is 7.21. The number of amides is 2. The fourth-order valence-electron chi connectivity index (χ4n) is 3.37. The Hall–Kier alpha value is -2.82. The molecule has 0 aromatic heterocycles. The molecule has 30 heavy (non-hydrogen) atoms. The van der Waals surface area contributed by atoms with Gasteiger partial charge in [-0.2, -0.15) is 0 Å². The highest BCUT2D eigenvalue weighted by atomic mass is 16.5. The van der Waals surface area contributed by atoms with Crippen molar-refractivity contribution in [3.63, 3.8) is 0 Å². The first-order chi connectivity index (χ1) is 14.2. The van der Waals surface area contributed by atoms with Crippen LogP contribution in [0.5, 0.6) is 5.75 Å². The third-order valence-corrected chi connectivity index (χ3v) is 4.88. The monoisotopic (exact) mass is 410 g/mol. The Morgan fingerprint density at radius 2 is 1.63 bits per heavy atom. The molecule has 0 saturated heterocycles. The van der Waals surface area contributed by atoms with E-state index < -0.39 is 6.04 Å². The molecule has 0 spiro atoms. The summed E-state index contributed by atoms with van der Waals surface area (Å²) in [5, 5.41) is 3.03. The minimum atomic E-state index is -0.501. The SMILES string of the molecule is CC[C@@H](C(=O)NC(C)(C)C)N(CCc1ccccc1)C(=O)Cc1ccc(OC)cc1. The molecule has 0 unspecified atom stereocenters. The molecule has 162 valence electrons. The van der Waals surface area contributed by atoms with Crippen LogP contribution in [-0.2, 0) is 22.4 Å². The van der Waals surface area contributed by atoms with Crippen molar-refractivity contribution in [2.45, 2.75) is 58.5 Å². The fourth-order valence-corrected chi connectivity index (χ4v) is 3.37. The van der Waals surface area contributed by atoms with Crippen LogP contribution in [-0.4, -0.2) is 41.9 Å². The van der Waals surface area contributed by atoms with Crippen LogP contribution in [0.25, 0.3) is 0 Å².